The second-order valence-corrected chi connectivity index (χ2v) is 6.30. The number of hydrogen-bond donors (Lipinski definition) is 1. The van der Waals surface area contributed by atoms with Crippen molar-refractivity contribution >= 4 is 29.1 Å². The summed E-state index contributed by atoms with van der Waals surface area (Å²) in [5.41, 5.74) is 1.46. The van der Waals surface area contributed by atoms with Gasteiger partial charge in [0.15, 0.2) is 0 Å². The Morgan fingerprint density at radius 1 is 1.07 bits per heavy atom. The van der Waals surface area contributed by atoms with Gasteiger partial charge in [-0.2, -0.15) is 0 Å². The van der Waals surface area contributed by atoms with Crippen LogP contribution in [-0.4, -0.2) is 39.1 Å². The minimum Gasteiger partial charge on any atom is -0.497 e. The molecular formula is C20H23ClN2O4. The van der Waals surface area contributed by atoms with Gasteiger partial charge in [0.25, 0.3) is 0 Å². The number of hydrogen-bond acceptors (Lipinski definition) is 4. The van der Waals surface area contributed by atoms with Crippen LogP contribution >= 0.6 is 11.6 Å². The van der Waals surface area contributed by atoms with Crippen molar-refractivity contribution in [1.82, 2.24) is 5.32 Å². The van der Waals surface area contributed by atoms with E-state index in [9.17, 15) is 9.59 Å². The number of rotatable bonds is 8. The van der Waals surface area contributed by atoms with Crippen molar-refractivity contribution in [3.63, 3.8) is 0 Å². The van der Waals surface area contributed by atoms with Gasteiger partial charge in [0.05, 0.1) is 26.3 Å². The molecule has 6 nitrogen and oxygen atoms in total. The number of halogens is 1. The summed E-state index contributed by atoms with van der Waals surface area (Å²) in [6, 6.07) is 12.3. The molecule has 27 heavy (non-hydrogen) atoms. The van der Waals surface area contributed by atoms with Gasteiger partial charge >= 0.3 is 0 Å². The van der Waals surface area contributed by atoms with E-state index in [1.807, 2.05) is 12.1 Å². The molecule has 144 valence electrons. The predicted molar refractivity (Wildman–Crippen MR) is 106 cm³/mol. The van der Waals surface area contributed by atoms with E-state index in [0.29, 0.717) is 35.3 Å². The fourth-order valence-corrected chi connectivity index (χ4v) is 2.74. The average molecular weight is 391 g/mol. The molecule has 0 aliphatic heterocycles. The smallest absolute Gasteiger partial charge is 0.224 e. The van der Waals surface area contributed by atoms with E-state index in [1.54, 1.807) is 42.3 Å². The molecule has 7 heteroatoms. The Morgan fingerprint density at radius 3 is 2.37 bits per heavy atom. The molecule has 0 fully saturated rings. The quantitative estimate of drug-likeness (QED) is 0.752. The molecule has 0 aliphatic carbocycles. The van der Waals surface area contributed by atoms with Gasteiger partial charge < -0.3 is 19.7 Å². The number of nitrogens with one attached hydrogen (secondary N) is 1. The normalized spacial score (nSPS) is 10.2. The number of amides is 2. The number of ether oxygens (including phenoxy) is 2. The summed E-state index contributed by atoms with van der Waals surface area (Å²) in [6.45, 7) is 2.09. The maximum atomic E-state index is 12.1. The first kappa shape index (κ1) is 20.6. The maximum absolute atomic E-state index is 12.1. The Hall–Kier alpha value is -2.73. The number of methoxy groups -OCH3 is 2. The number of anilines is 1. The Bertz CT molecular complexity index is 793. The lowest BCUT2D eigenvalue weighted by Crippen LogP contribution is -2.38. The van der Waals surface area contributed by atoms with Crippen molar-refractivity contribution < 1.29 is 19.1 Å². The van der Waals surface area contributed by atoms with E-state index in [2.05, 4.69) is 5.32 Å². The molecule has 0 saturated carbocycles. The molecule has 0 radical (unpaired) electrons. The maximum Gasteiger partial charge on any atom is 0.224 e. The largest absolute Gasteiger partial charge is 0.497 e. The first-order chi connectivity index (χ1) is 12.9. The van der Waals surface area contributed by atoms with Crippen molar-refractivity contribution in [2.45, 2.75) is 13.3 Å². The second-order valence-electron chi connectivity index (χ2n) is 5.86. The van der Waals surface area contributed by atoms with Crippen LogP contribution in [0.4, 0.5) is 5.69 Å². The molecule has 0 bridgehead atoms. The van der Waals surface area contributed by atoms with E-state index in [0.717, 1.165) is 5.56 Å². The highest BCUT2D eigenvalue weighted by molar-refractivity contribution is 6.30. The molecule has 0 aliphatic rings. The van der Waals surface area contributed by atoms with Crippen LogP contribution in [0, 0.1) is 0 Å². The summed E-state index contributed by atoms with van der Waals surface area (Å²) < 4.78 is 10.6. The predicted octanol–water partition coefficient (Wildman–Crippen LogP) is 3.07. The fraction of sp³-hybridized carbons (Fsp3) is 0.300. The molecule has 0 unspecified atom stereocenters. The average Bonchev–Trinajstić information content (AvgIpc) is 2.66. The van der Waals surface area contributed by atoms with Crippen molar-refractivity contribution in [3.05, 3.63) is 53.1 Å². The van der Waals surface area contributed by atoms with Gasteiger partial charge in [0.1, 0.15) is 11.5 Å². The van der Waals surface area contributed by atoms with Crippen molar-refractivity contribution in [1.29, 1.82) is 0 Å². The minimum absolute atomic E-state index is 0.126. The van der Waals surface area contributed by atoms with Gasteiger partial charge in [-0.05, 0) is 29.8 Å². The van der Waals surface area contributed by atoms with Crippen LogP contribution in [-0.2, 0) is 16.0 Å². The van der Waals surface area contributed by atoms with E-state index in [-0.39, 0.29) is 18.2 Å². The lowest BCUT2D eigenvalue weighted by Gasteiger charge is -2.24. The summed E-state index contributed by atoms with van der Waals surface area (Å²) >= 11 is 5.84. The Balaban J connectivity index is 1.99. The third-order valence-electron chi connectivity index (χ3n) is 3.99. The van der Waals surface area contributed by atoms with Crippen LogP contribution in [0.5, 0.6) is 11.5 Å². The standard InChI is InChI=1S/C20H23ClN2O4/c1-14(24)23(18-13-17(26-2)8-9-19(18)27-3)11-10-22-20(25)12-15-4-6-16(21)7-5-15/h4-9,13H,10-12H2,1-3H3,(H,22,25). The van der Waals surface area contributed by atoms with Gasteiger partial charge in [-0.1, -0.05) is 23.7 Å². The third kappa shape index (κ3) is 5.89. The Morgan fingerprint density at radius 2 is 1.78 bits per heavy atom. The first-order valence-corrected chi connectivity index (χ1v) is 8.83. The zero-order valence-corrected chi connectivity index (χ0v) is 16.4. The number of benzene rings is 2. The van der Waals surface area contributed by atoms with Crippen molar-refractivity contribution in [2.75, 3.05) is 32.2 Å². The van der Waals surface area contributed by atoms with Gasteiger partial charge in [-0.25, -0.2) is 0 Å². The minimum atomic E-state index is -0.159. The number of carbonyl (C=O) groups excluding carboxylic acids is 2. The lowest BCUT2D eigenvalue weighted by molar-refractivity contribution is -0.121. The highest BCUT2D eigenvalue weighted by atomic mass is 35.5. The molecule has 2 rings (SSSR count). The third-order valence-corrected chi connectivity index (χ3v) is 4.24. The summed E-state index contributed by atoms with van der Waals surface area (Å²) in [5, 5.41) is 3.46. The van der Waals surface area contributed by atoms with E-state index in [4.69, 9.17) is 21.1 Å². The Labute approximate surface area is 164 Å². The van der Waals surface area contributed by atoms with E-state index >= 15 is 0 Å². The van der Waals surface area contributed by atoms with Gasteiger partial charge in [0.2, 0.25) is 11.8 Å². The molecule has 0 saturated heterocycles. The monoisotopic (exact) mass is 390 g/mol. The van der Waals surface area contributed by atoms with E-state index < -0.39 is 0 Å². The summed E-state index contributed by atoms with van der Waals surface area (Å²) in [5.74, 6) is 0.884. The zero-order chi connectivity index (χ0) is 19.8. The summed E-state index contributed by atoms with van der Waals surface area (Å²) in [4.78, 5) is 25.8. The molecule has 0 atom stereocenters. The van der Waals surface area contributed by atoms with Gasteiger partial charge in [-0.15, -0.1) is 0 Å². The van der Waals surface area contributed by atoms with Crippen LogP contribution in [0.2, 0.25) is 5.02 Å². The van der Waals surface area contributed by atoms with Crippen LogP contribution in [0.15, 0.2) is 42.5 Å². The van der Waals surface area contributed by atoms with Crippen LogP contribution < -0.4 is 19.7 Å². The SMILES string of the molecule is COc1ccc(OC)c(N(CCNC(=O)Cc2ccc(Cl)cc2)C(C)=O)c1. The molecule has 2 aromatic rings. The molecule has 0 spiro atoms. The summed E-state index contributed by atoms with van der Waals surface area (Å²) in [6.07, 6.45) is 0.250. The van der Waals surface area contributed by atoms with Crippen LogP contribution in [0.1, 0.15) is 12.5 Å². The topological polar surface area (TPSA) is 67.9 Å². The molecule has 0 aromatic heterocycles. The molecule has 0 heterocycles. The molecule has 1 N–H and O–H groups in total. The summed E-state index contributed by atoms with van der Waals surface area (Å²) in [7, 11) is 3.10. The lowest BCUT2D eigenvalue weighted by atomic mass is 10.1. The highest BCUT2D eigenvalue weighted by Crippen LogP contribution is 2.32. The zero-order valence-electron chi connectivity index (χ0n) is 15.6. The molecule has 2 amide bonds. The van der Waals surface area contributed by atoms with Gasteiger partial charge in [0, 0.05) is 31.1 Å². The number of carbonyl (C=O) groups is 2. The Kier molecular flexibility index (Phi) is 7.49. The van der Waals surface area contributed by atoms with Crippen molar-refractivity contribution in [2.24, 2.45) is 0 Å². The van der Waals surface area contributed by atoms with E-state index in [1.165, 1.54) is 14.0 Å². The number of nitrogens with zero attached hydrogens (tertiary/aromatic N) is 1. The molecule has 2 aromatic carbocycles. The highest BCUT2D eigenvalue weighted by Gasteiger charge is 2.17. The molecular weight excluding hydrogens is 368 g/mol. The fourth-order valence-electron chi connectivity index (χ4n) is 2.61. The second kappa shape index (κ2) is 9.83. The van der Waals surface area contributed by atoms with Gasteiger partial charge in [-0.3, -0.25) is 9.59 Å². The van der Waals surface area contributed by atoms with Crippen LogP contribution in [0.25, 0.3) is 0 Å². The van der Waals surface area contributed by atoms with Crippen molar-refractivity contribution in [3.8, 4) is 11.5 Å². The first-order valence-electron chi connectivity index (χ1n) is 8.46. The van der Waals surface area contributed by atoms with Crippen LogP contribution in [0.3, 0.4) is 0 Å².